The Bertz CT molecular complexity index is 225. The van der Waals surface area contributed by atoms with Gasteiger partial charge in [0.15, 0.2) is 0 Å². The summed E-state index contributed by atoms with van der Waals surface area (Å²) in [5, 5.41) is 25.6. The molecule has 2 rings (SSSR count). The summed E-state index contributed by atoms with van der Waals surface area (Å²) in [6.07, 6.45) is 3.36. The molecule has 7 heteroatoms. The van der Waals surface area contributed by atoms with Gasteiger partial charge in [-0.25, -0.2) is 0 Å². The molecular weight excluding hydrogens is 276 g/mol. The molecule has 2 heterocycles. The van der Waals surface area contributed by atoms with Crippen LogP contribution >= 0.6 is 0 Å². The topological polar surface area (TPSA) is 104 Å². The molecule has 0 aromatic carbocycles. The summed E-state index contributed by atoms with van der Waals surface area (Å²) < 4.78 is 0. The van der Waals surface area contributed by atoms with Crippen LogP contribution in [0.2, 0.25) is 0 Å². The Morgan fingerprint density at radius 3 is 1.35 bits per heavy atom. The Hall–Kier alpha value is -0.621. The van der Waals surface area contributed by atoms with E-state index in [1.54, 1.807) is 0 Å². The first-order chi connectivity index (χ1) is 7.61. The Kier molecular flexibility index (Phi) is 8.16. The summed E-state index contributed by atoms with van der Waals surface area (Å²) in [5.74, 6) is -1.94. The van der Waals surface area contributed by atoms with Crippen LogP contribution in [-0.4, -0.2) is 37.1 Å². The molecule has 2 aliphatic rings. The van der Waals surface area contributed by atoms with Crippen molar-refractivity contribution in [2.24, 2.45) is 0 Å². The quantitative estimate of drug-likeness (QED) is 0.525. The first-order valence-corrected chi connectivity index (χ1v) is 5.49. The number of carboxylic acid groups (broad SMARTS) is 2. The summed E-state index contributed by atoms with van der Waals surface area (Å²) in [6.45, 7) is 1.64. The zero-order valence-electron chi connectivity index (χ0n) is 9.33. The Balaban J connectivity index is 0.000000284. The zero-order chi connectivity index (χ0) is 12.0. The van der Waals surface area contributed by atoms with Crippen molar-refractivity contribution in [2.75, 3.05) is 13.1 Å². The van der Waals surface area contributed by atoms with E-state index in [2.05, 4.69) is 10.6 Å². The molecule has 101 valence electrons. The first-order valence-electron chi connectivity index (χ1n) is 5.49. The molecule has 0 saturated carbocycles. The van der Waals surface area contributed by atoms with E-state index in [1.807, 2.05) is 0 Å². The van der Waals surface area contributed by atoms with Gasteiger partial charge in [0.2, 0.25) is 0 Å². The largest absolute Gasteiger partial charge is 2.00 e. The van der Waals surface area contributed by atoms with Gasteiger partial charge in [-0.15, -0.1) is 0 Å². The fourth-order valence-corrected chi connectivity index (χ4v) is 1.77. The van der Waals surface area contributed by atoms with E-state index in [0.29, 0.717) is 0 Å². The molecule has 2 fully saturated rings. The monoisotopic (exact) mass is 291 g/mol. The number of carboxylic acids is 2. The minimum absolute atomic E-state index is 0. The average Bonchev–Trinajstić information content (AvgIpc) is 2.93. The van der Waals surface area contributed by atoms with Gasteiger partial charge >= 0.3 is 17.1 Å². The van der Waals surface area contributed by atoms with Crippen molar-refractivity contribution < 1.29 is 36.9 Å². The van der Waals surface area contributed by atoms with Gasteiger partial charge in [-0.3, -0.25) is 0 Å². The summed E-state index contributed by atoms with van der Waals surface area (Å²) in [6, 6.07) is -0.759. The maximum atomic E-state index is 10.0. The SMILES string of the molecule is O=C([O-])[C@@H]1CCCN1.O=C([O-])[C@@H]1CCCN1.[Cu+2]. The van der Waals surface area contributed by atoms with Crippen LogP contribution in [0.1, 0.15) is 25.7 Å². The van der Waals surface area contributed by atoms with Crippen molar-refractivity contribution in [1.29, 1.82) is 0 Å². The van der Waals surface area contributed by atoms with Gasteiger partial charge < -0.3 is 30.4 Å². The third kappa shape index (κ3) is 6.02. The van der Waals surface area contributed by atoms with Crippen molar-refractivity contribution in [3.05, 3.63) is 0 Å². The molecule has 0 aliphatic carbocycles. The number of hydrogen-bond acceptors (Lipinski definition) is 6. The van der Waals surface area contributed by atoms with Crippen LogP contribution in [0.15, 0.2) is 0 Å². The maximum Gasteiger partial charge on any atom is 2.00 e. The molecule has 2 aliphatic heterocycles. The molecule has 1 radical (unpaired) electrons. The normalized spacial score (nSPS) is 26.6. The molecule has 6 nitrogen and oxygen atoms in total. The number of nitrogens with one attached hydrogen (secondary N) is 2. The number of carbonyl (C=O) groups excluding carboxylic acids is 2. The standard InChI is InChI=1S/2C5H9NO2.Cu/c2*7-5(8)4-2-1-3-6-4;/h2*4,6H,1-3H2,(H,7,8);/q;;+2/p-2/t2*4-;/m00./s1. The molecule has 2 N–H and O–H groups in total. The maximum absolute atomic E-state index is 10.0. The van der Waals surface area contributed by atoms with E-state index < -0.39 is 11.9 Å². The van der Waals surface area contributed by atoms with Gasteiger partial charge in [0, 0.05) is 12.1 Å². The van der Waals surface area contributed by atoms with Gasteiger partial charge in [0.1, 0.15) is 0 Å². The van der Waals surface area contributed by atoms with Crippen LogP contribution in [0, 0.1) is 0 Å². The van der Waals surface area contributed by atoms with Gasteiger partial charge in [-0.1, -0.05) is 0 Å². The van der Waals surface area contributed by atoms with E-state index in [-0.39, 0.29) is 29.2 Å². The summed E-state index contributed by atoms with van der Waals surface area (Å²) >= 11 is 0. The molecule has 0 amide bonds. The third-order valence-corrected chi connectivity index (χ3v) is 2.69. The van der Waals surface area contributed by atoms with E-state index in [1.165, 1.54) is 0 Å². The molecule has 17 heavy (non-hydrogen) atoms. The van der Waals surface area contributed by atoms with E-state index in [0.717, 1.165) is 38.8 Å². The van der Waals surface area contributed by atoms with Crippen LogP contribution in [0.5, 0.6) is 0 Å². The number of carbonyl (C=O) groups is 2. The Morgan fingerprint density at radius 2 is 1.24 bits per heavy atom. The third-order valence-electron chi connectivity index (χ3n) is 2.69. The molecule has 2 atom stereocenters. The molecule has 0 bridgehead atoms. The van der Waals surface area contributed by atoms with Crippen LogP contribution in [0.3, 0.4) is 0 Å². The second kappa shape index (κ2) is 8.47. The van der Waals surface area contributed by atoms with Gasteiger partial charge in [0.05, 0.1) is 11.9 Å². The number of aliphatic carboxylic acids is 2. The zero-order valence-corrected chi connectivity index (χ0v) is 10.3. The van der Waals surface area contributed by atoms with E-state index in [9.17, 15) is 19.8 Å². The molecule has 0 aromatic heterocycles. The fourth-order valence-electron chi connectivity index (χ4n) is 1.77. The predicted octanol–water partition coefficient (Wildman–Crippen LogP) is -3.03. The van der Waals surface area contributed by atoms with Crippen LogP contribution in [-0.2, 0) is 26.7 Å². The van der Waals surface area contributed by atoms with Gasteiger partial charge in [0.25, 0.3) is 0 Å². The number of rotatable bonds is 2. The molecular formula is C10H16CuN2O4. The van der Waals surface area contributed by atoms with Crippen LogP contribution < -0.4 is 20.8 Å². The van der Waals surface area contributed by atoms with Gasteiger partial charge in [-0.05, 0) is 38.8 Å². The minimum atomic E-state index is -0.970. The minimum Gasteiger partial charge on any atom is -0.548 e. The number of hydrogen-bond donors (Lipinski definition) is 2. The second-order valence-electron chi connectivity index (χ2n) is 3.94. The average molecular weight is 292 g/mol. The Labute approximate surface area is 111 Å². The first kappa shape index (κ1) is 16.4. The summed E-state index contributed by atoms with van der Waals surface area (Å²) in [7, 11) is 0. The van der Waals surface area contributed by atoms with Gasteiger partial charge in [-0.2, -0.15) is 0 Å². The van der Waals surface area contributed by atoms with Crippen molar-refractivity contribution in [1.82, 2.24) is 10.6 Å². The molecule has 0 unspecified atom stereocenters. The molecule has 0 spiro atoms. The fraction of sp³-hybridized carbons (Fsp3) is 0.800. The Morgan fingerprint density at radius 1 is 0.882 bits per heavy atom. The van der Waals surface area contributed by atoms with E-state index in [4.69, 9.17) is 0 Å². The molecule has 0 aromatic rings. The smallest absolute Gasteiger partial charge is 0.548 e. The summed E-state index contributed by atoms with van der Waals surface area (Å²) in [5.41, 5.74) is 0. The van der Waals surface area contributed by atoms with Crippen molar-refractivity contribution in [3.8, 4) is 0 Å². The van der Waals surface area contributed by atoms with E-state index >= 15 is 0 Å². The second-order valence-corrected chi connectivity index (χ2v) is 3.94. The van der Waals surface area contributed by atoms with Crippen LogP contribution in [0.4, 0.5) is 0 Å². The molecule has 2 saturated heterocycles. The van der Waals surface area contributed by atoms with Crippen molar-refractivity contribution >= 4 is 11.9 Å². The summed E-state index contributed by atoms with van der Waals surface area (Å²) in [4.78, 5) is 20.1. The van der Waals surface area contributed by atoms with Crippen molar-refractivity contribution in [3.63, 3.8) is 0 Å². The predicted molar refractivity (Wildman–Crippen MR) is 52.1 cm³/mol. The van der Waals surface area contributed by atoms with Crippen LogP contribution in [0.25, 0.3) is 0 Å². The van der Waals surface area contributed by atoms with Crippen molar-refractivity contribution in [2.45, 2.75) is 37.8 Å².